The molecule has 2 rings (SSSR count). The highest BCUT2D eigenvalue weighted by Gasteiger charge is 2.15. The first-order valence-electron chi connectivity index (χ1n) is 6.39. The summed E-state index contributed by atoms with van der Waals surface area (Å²) in [5, 5.41) is 14.2. The first-order valence-corrected chi connectivity index (χ1v) is 7.18. The van der Waals surface area contributed by atoms with E-state index < -0.39 is 4.92 Å². The molecule has 0 unspecified atom stereocenters. The second kappa shape index (κ2) is 6.78. The van der Waals surface area contributed by atoms with Crippen LogP contribution in [0.15, 0.2) is 46.9 Å². The molecule has 1 N–H and O–H groups in total. The topological polar surface area (TPSA) is 55.2 Å². The average Bonchev–Trinajstić information content (AvgIpc) is 2.45. The van der Waals surface area contributed by atoms with Crippen molar-refractivity contribution in [3.05, 3.63) is 74.0 Å². The summed E-state index contributed by atoms with van der Waals surface area (Å²) in [5.74, 6) is -0.296. The van der Waals surface area contributed by atoms with Gasteiger partial charge in [0.05, 0.1) is 4.92 Å². The molecule has 0 aliphatic carbocycles. The predicted octanol–water partition coefficient (Wildman–Crippen LogP) is 4.35. The van der Waals surface area contributed by atoms with Crippen LogP contribution in [0.2, 0.25) is 0 Å². The summed E-state index contributed by atoms with van der Waals surface area (Å²) < 4.78 is 13.8. The lowest BCUT2D eigenvalue weighted by molar-refractivity contribution is -0.385. The first-order chi connectivity index (χ1) is 9.97. The highest BCUT2D eigenvalue weighted by atomic mass is 79.9. The number of rotatable bonds is 5. The standard InChI is InChI=1S/C15H14BrFN2O2/c1-10(11-3-2-4-14(17)7-11)18-9-12-5-6-13(16)8-15(12)19(20)21/h2-8,10,18H,9H2,1H3/t10-/m0/s1. The molecule has 0 radical (unpaired) electrons. The van der Waals surface area contributed by atoms with Crippen LogP contribution >= 0.6 is 15.9 Å². The molecule has 0 aromatic heterocycles. The van der Waals surface area contributed by atoms with Crippen LogP contribution in [-0.2, 0) is 6.54 Å². The van der Waals surface area contributed by atoms with E-state index in [0.29, 0.717) is 16.6 Å². The number of halogens is 2. The van der Waals surface area contributed by atoms with E-state index in [1.165, 1.54) is 18.2 Å². The summed E-state index contributed by atoms with van der Waals surface area (Å²) in [6.45, 7) is 2.22. The van der Waals surface area contributed by atoms with Gasteiger partial charge in [0, 0.05) is 28.7 Å². The smallest absolute Gasteiger partial charge is 0.275 e. The highest BCUT2D eigenvalue weighted by molar-refractivity contribution is 9.10. The Hall–Kier alpha value is -1.79. The van der Waals surface area contributed by atoms with E-state index >= 15 is 0 Å². The Bertz CT molecular complexity index is 664. The maximum absolute atomic E-state index is 13.2. The summed E-state index contributed by atoms with van der Waals surface area (Å²) in [6.07, 6.45) is 0. The Balaban J connectivity index is 2.11. The minimum atomic E-state index is -0.408. The molecule has 0 fully saturated rings. The Labute approximate surface area is 130 Å². The number of hydrogen-bond donors (Lipinski definition) is 1. The maximum Gasteiger partial charge on any atom is 0.275 e. The molecule has 0 heterocycles. The number of hydrogen-bond acceptors (Lipinski definition) is 3. The lowest BCUT2D eigenvalue weighted by Crippen LogP contribution is -2.18. The molecule has 0 saturated carbocycles. The summed E-state index contributed by atoms with van der Waals surface area (Å²) in [6, 6.07) is 11.1. The fourth-order valence-corrected chi connectivity index (χ4v) is 2.36. The van der Waals surface area contributed by atoms with Crippen LogP contribution in [0.3, 0.4) is 0 Å². The van der Waals surface area contributed by atoms with Crippen LogP contribution in [0.5, 0.6) is 0 Å². The number of nitrogens with zero attached hydrogens (tertiary/aromatic N) is 1. The van der Waals surface area contributed by atoms with E-state index in [2.05, 4.69) is 21.2 Å². The molecule has 21 heavy (non-hydrogen) atoms. The molecule has 0 aliphatic rings. The maximum atomic E-state index is 13.2. The predicted molar refractivity (Wildman–Crippen MR) is 82.5 cm³/mol. The second-order valence-corrected chi connectivity index (χ2v) is 5.60. The normalized spacial score (nSPS) is 12.1. The molecule has 1 atom stereocenters. The second-order valence-electron chi connectivity index (χ2n) is 4.69. The Kier molecular flexibility index (Phi) is 5.03. The fourth-order valence-electron chi connectivity index (χ4n) is 2.01. The van der Waals surface area contributed by atoms with Gasteiger partial charge in [-0.3, -0.25) is 10.1 Å². The quantitative estimate of drug-likeness (QED) is 0.642. The lowest BCUT2D eigenvalue weighted by Gasteiger charge is -2.14. The van der Waals surface area contributed by atoms with Crippen molar-refractivity contribution in [2.75, 3.05) is 0 Å². The van der Waals surface area contributed by atoms with Crippen LogP contribution in [0, 0.1) is 15.9 Å². The van der Waals surface area contributed by atoms with Crippen molar-refractivity contribution in [1.29, 1.82) is 0 Å². The van der Waals surface area contributed by atoms with Crippen molar-refractivity contribution in [3.8, 4) is 0 Å². The molecule has 0 saturated heterocycles. The number of benzene rings is 2. The van der Waals surface area contributed by atoms with Crippen LogP contribution in [0.4, 0.5) is 10.1 Å². The molecule has 0 amide bonds. The molecule has 2 aromatic carbocycles. The summed E-state index contributed by atoms with van der Waals surface area (Å²) in [5.41, 5.74) is 1.45. The van der Waals surface area contributed by atoms with Crippen molar-refractivity contribution >= 4 is 21.6 Å². The number of nitro benzene ring substituents is 1. The molecule has 2 aromatic rings. The van der Waals surface area contributed by atoms with Gasteiger partial charge in [0.2, 0.25) is 0 Å². The van der Waals surface area contributed by atoms with Gasteiger partial charge in [0.15, 0.2) is 0 Å². The van der Waals surface area contributed by atoms with Crippen molar-refractivity contribution in [1.82, 2.24) is 5.32 Å². The summed E-state index contributed by atoms with van der Waals surface area (Å²) >= 11 is 3.22. The van der Waals surface area contributed by atoms with Crippen LogP contribution in [-0.4, -0.2) is 4.92 Å². The number of nitro groups is 1. The third kappa shape index (κ3) is 4.09. The number of nitrogens with one attached hydrogen (secondary N) is 1. The zero-order valence-electron chi connectivity index (χ0n) is 11.3. The Morgan fingerprint density at radius 2 is 2.10 bits per heavy atom. The van der Waals surface area contributed by atoms with Gasteiger partial charge in [-0.2, -0.15) is 0 Å². The average molecular weight is 353 g/mol. The zero-order chi connectivity index (χ0) is 15.4. The fraction of sp³-hybridized carbons (Fsp3) is 0.200. The highest BCUT2D eigenvalue weighted by Crippen LogP contribution is 2.24. The lowest BCUT2D eigenvalue weighted by atomic mass is 10.1. The minimum absolute atomic E-state index is 0.0586. The van der Waals surface area contributed by atoms with Crippen molar-refractivity contribution < 1.29 is 9.31 Å². The van der Waals surface area contributed by atoms with E-state index in [-0.39, 0.29) is 17.5 Å². The van der Waals surface area contributed by atoms with Gasteiger partial charge in [-0.15, -0.1) is 0 Å². The monoisotopic (exact) mass is 352 g/mol. The van der Waals surface area contributed by atoms with Crippen molar-refractivity contribution in [3.63, 3.8) is 0 Å². The third-order valence-corrected chi connectivity index (χ3v) is 3.68. The van der Waals surface area contributed by atoms with Crippen molar-refractivity contribution in [2.24, 2.45) is 0 Å². The van der Waals surface area contributed by atoms with Crippen LogP contribution in [0.1, 0.15) is 24.1 Å². The zero-order valence-corrected chi connectivity index (χ0v) is 12.9. The van der Waals surface area contributed by atoms with Crippen LogP contribution in [0.25, 0.3) is 0 Å². The third-order valence-electron chi connectivity index (χ3n) is 3.19. The molecule has 0 aliphatic heterocycles. The molecule has 0 bridgehead atoms. The molecule has 6 heteroatoms. The van der Waals surface area contributed by atoms with Gasteiger partial charge in [-0.05, 0) is 36.8 Å². The molecular weight excluding hydrogens is 339 g/mol. The molecule has 4 nitrogen and oxygen atoms in total. The SMILES string of the molecule is C[C@H](NCc1ccc(Br)cc1[N+](=O)[O-])c1cccc(F)c1. The van der Waals surface area contributed by atoms with Crippen molar-refractivity contribution in [2.45, 2.75) is 19.5 Å². The Morgan fingerprint density at radius 1 is 1.33 bits per heavy atom. The van der Waals surface area contributed by atoms with Gasteiger partial charge >= 0.3 is 0 Å². The molecule has 0 spiro atoms. The van der Waals surface area contributed by atoms with Crippen LogP contribution < -0.4 is 5.32 Å². The van der Waals surface area contributed by atoms with Gasteiger partial charge in [0.1, 0.15) is 5.82 Å². The van der Waals surface area contributed by atoms with E-state index in [9.17, 15) is 14.5 Å². The molecular formula is C15H14BrFN2O2. The minimum Gasteiger partial charge on any atom is -0.306 e. The Morgan fingerprint density at radius 3 is 2.76 bits per heavy atom. The first kappa shape index (κ1) is 15.6. The van der Waals surface area contributed by atoms with E-state index in [4.69, 9.17) is 0 Å². The van der Waals surface area contributed by atoms with Gasteiger partial charge < -0.3 is 5.32 Å². The molecule has 110 valence electrons. The summed E-state index contributed by atoms with van der Waals surface area (Å²) in [7, 11) is 0. The van der Waals surface area contributed by atoms with E-state index in [1.807, 2.05) is 13.0 Å². The summed E-state index contributed by atoms with van der Waals surface area (Å²) in [4.78, 5) is 10.6. The van der Waals surface area contributed by atoms with E-state index in [0.717, 1.165) is 5.56 Å². The van der Waals surface area contributed by atoms with Gasteiger partial charge in [-0.25, -0.2) is 4.39 Å². The largest absolute Gasteiger partial charge is 0.306 e. The van der Waals surface area contributed by atoms with E-state index in [1.54, 1.807) is 18.2 Å². The van der Waals surface area contributed by atoms with Gasteiger partial charge in [0.25, 0.3) is 5.69 Å². The van der Waals surface area contributed by atoms with Gasteiger partial charge in [-0.1, -0.05) is 28.1 Å².